The van der Waals surface area contributed by atoms with Gasteiger partial charge in [0.05, 0.1) is 6.54 Å². The van der Waals surface area contributed by atoms with Crippen LogP contribution in [0.2, 0.25) is 0 Å². The van der Waals surface area contributed by atoms with Crippen LogP contribution in [0.25, 0.3) is 0 Å². The van der Waals surface area contributed by atoms with E-state index < -0.39 is 0 Å². The molecule has 0 saturated heterocycles. The number of hydrogen-bond donors (Lipinski definition) is 0. The number of nitrogens with zero attached hydrogens (tertiary/aromatic N) is 1. The zero-order valence-electron chi connectivity index (χ0n) is 2.14. The van der Waals surface area contributed by atoms with E-state index in [0.717, 1.165) is 6.54 Å². The molecule has 1 rings (SSSR count). The predicted molar refractivity (Wildman–Crippen MR) is 20.7 cm³/mol. The zero-order chi connectivity index (χ0) is 2.83. The maximum absolute atomic E-state index is 3.78. The molecule has 0 N–H and O–H groups in total. The fraction of sp³-hybridized carbons (Fsp3) is 0.500. The van der Waals surface area contributed by atoms with Crippen LogP contribution in [0, 0.1) is 0 Å². The van der Waals surface area contributed by atoms with E-state index in [1.54, 1.807) is 0 Å². The van der Waals surface area contributed by atoms with Crippen molar-refractivity contribution in [1.29, 1.82) is 0 Å². The minimum Gasteiger partial charge on any atom is -0.226 e. The molecule has 1 nitrogen and oxygen atoms in total. The van der Waals surface area contributed by atoms with Crippen LogP contribution in [-0.4, -0.2) is 11.9 Å². The summed E-state index contributed by atoms with van der Waals surface area (Å²) in [7, 11) is 0. The van der Waals surface area contributed by atoms with E-state index in [0.29, 0.717) is 0 Å². The Labute approximate surface area is 28.4 Å². The molecule has 0 aromatic rings. The van der Waals surface area contributed by atoms with E-state index in [2.05, 4.69) is 9.73 Å². The van der Waals surface area contributed by atoms with Gasteiger partial charge in [0, 0.05) is 5.37 Å². The normalized spacial score (nSPS) is 18.0. The molecule has 0 amide bonds. The van der Waals surface area contributed by atoms with E-state index in [9.17, 15) is 0 Å². The molecule has 1 heterocycles. The highest BCUT2D eigenvalue weighted by Gasteiger charge is 1.70. The minimum absolute atomic E-state index is 0.963. The van der Waals surface area contributed by atoms with Crippen molar-refractivity contribution in [2.45, 2.75) is 0 Å². The van der Waals surface area contributed by atoms with Gasteiger partial charge < -0.3 is 0 Å². The van der Waals surface area contributed by atoms with E-state index in [4.69, 9.17) is 0 Å². The summed E-state index contributed by atoms with van der Waals surface area (Å²) in [5.74, 6) is 0. The van der Waals surface area contributed by atoms with Crippen molar-refractivity contribution in [2.24, 2.45) is 4.36 Å². The highest BCUT2D eigenvalue weighted by Crippen LogP contribution is 1.66. The Kier molecular flexibility index (Phi) is 0.366. The Balaban J connectivity index is 2.95. The largest absolute Gasteiger partial charge is 0.226 e. The third kappa shape index (κ3) is 0.0989. The van der Waals surface area contributed by atoms with E-state index in [1.807, 2.05) is 0 Å². The fourth-order valence-electron chi connectivity index (χ4n) is 0.0745. The molecule has 0 bridgehead atoms. The Morgan fingerprint density at radius 2 is 2.25 bits per heavy atom. The predicted octanol–water partition coefficient (Wildman–Crippen LogP) is 0.0684. The van der Waals surface area contributed by atoms with Gasteiger partial charge in [0.25, 0.3) is 0 Å². The molecule has 0 fully saturated rings. The van der Waals surface area contributed by atoms with Crippen LogP contribution < -0.4 is 0 Å². The summed E-state index contributed by atoms with van der Waals surface area (Å²) in [6, 6.07) is 0. The van der Waals surface area contributed by atoms with Gasteiger partial charge in [0.2, 0.25) is 0 Å². The van der Waals surface area contributed by atoms with Gasteiger partial charge in [-0.25, -0.2) is 4.36 Å². The lowest BCUT2D eigenvalue weighted by molar-refractivity contribution is 1.38. The molecule has 0 atom stereocenters. The zero-order valence-corrected chi connectivity index (χ0v) is 2.96. The molecule has 0 saturated carbocycles. The third-order valence-electron chi connectivity index (χ3n) is 0.298. The molecule has 4 heavy (non-hydrogen) atoms. The Morgan fingerprint density at radius 3 is 2.25 bits per heavy atom. The van der Waals surface area contributed by atoms with Crippen LogP contribution in [-0.2, 0) is 11.1 Å². The van der Waals surface area contributed by atoms with Crippen LogP contribution >= 0.6 is 0 Å². The molecule has 1 aliphatic rings. The van der Waals surface area contributed by atoms with Crippen molar-refractivity contribution < 1.29 is 0 Å². The van der Waals surface area contributed by atoms with Crippen molar-refractivity contribution >= 4 is 16.5 Å². The minimum atomic E-state index is 0.963. The lowest BCUT2D eigenvalue weighted by atomic mass is 10.8. The van der Waals surface area contributed by atoms with Gasteiger partial charge in [-0.1, -0.05) is 11.1 Å². The quantitative estimate of drug-likeness (QED) is 0.360. The lowest BCUT2D eigenvalue weighted by Gasteiger charge is -1.77. The summed E-state index contributed by atoms with van der Waals surface area (Å²) in [6.07, 6.45) is 0. The molecule has 2 heteroatoms. The Morgan fingerprint density at radius 1 is 2.00 bits per heavy atom. The molecule has 1 aliphatic heterocycles. The summed E-state index contributed by atoms with van der Waals surface area (Å²) in [6.45, 7) is 0.963. The van der Waals surface area contributed by atoms with Crippen molar-refractivity contribution in [3.05, 3.63) is 0 Å². The Hall–Kier alpha value is -0.110. The van der Waals surface area contributed by atoms with Gasteiger partial charge in [-0.15, -0.1) is 0 Å². The first-order valence-corrected chi connectivity index (χ1v) is 1.98. The van der Waals surface area contributed by atoms with Gasteiger partial charge in [0.15, 0.2) is 0 Å². The van der Waals surface area contributed by atoms with Crippen LogP contribution in [0.15, 0.2) is 4.36 Å². The van der Waals surface area contributed by atoms with Gasteiger partial charge in [-0.3, -0.25) is 0 Å². The molecular formula is C2H3NS. The summed E-state index contributed by atoms with van der Waals surface area (Å²) in [5.41, 5.74) is 0. The van der Waals surface area contributed by atoms with Crippen LogP contribution in [0.3, 0.4) is 0 Å². The summed E-state index contributed by atoms with van der Waals surface area (Å²) in [5, 5.41) is 2.06. The summed E-state index contributed by atoms with van der Waals surface area (Å²) < 4.78 is 3.78. The SMILES string of the molecule is C1=S=NC1. The first-order chi connectivity index (χ1) is 2.00. The highest BCUT2D eigenvalue weighted by atomic mass is 32.1. The molecule has 0 unspecified atom stereocenters. The number of rotatable bonds is 0. The van der Waals surface area contributed by atoms with Gasteiger partial charge in [-0.2, -0.15) is 0 Å². The van der Waals surface area contributed by atoms with Crippen molar-refractivity contribution in [2.75, 3.05) is 6.54 Å². The highest BCUT2D eigenvalue weighted by molar-refractivity contribution is 7.68. The topological polar surface area (TPSA) is 12.4 Å². The maximum Gasteiger partial charge on any atom is 0.0801 e. The smallest absolute Gasteiger partial charge is 0.0801 e. The first-order valence-electron chi connectivity index (χ1n) is 1.14. The van der Waals surface area contributed by atoms with Crippen molar-refractivity contribution in [3.63, 3.8) is 0 Å². The molecule has 0 aromatic heterocycles. The van der Waals surface area contributed by atoms with E-state index in [1.165, 1.54) is 11.1 Å². The van der Waals surface area contributed by atoms with Crippen LogP contribution in [0.1, 0.15) is 0 Å². The fourth-order valence-corrected chi connectivity index (χ4v) is 0.224. The van der Waals surface area contributed by atoms with Gasteiger partial charge in [-0.05, 0) is 0 Å². The molecular weight excluding hydrogens is 70.1 g/mol. The van der Waals surface area contributed by atoms with E-state index >= 15 is 0 Å². The van der Waals surface area contributed by atoms with E-state index in [-0.39, 0.29) is 0 Å². The summed E-state index contributed by atoms with van der Waals surface area (Å²) >= 11 is 1.54. The molecule has 0 spiro atoms. The lowest BCUT2D eigenvalue weighted by Crippen LogP contribution is -1.84. The van der Waals surface area contributed by atoms with Crippen LogP contribution in [0.5, 0.6) is 0 Å². The molecule has 0 radical (unpaired) electrons. The van der Waals surface area contributed by atoms with Crippen molar-refractivity contribution in [1.82, 2.24) is 0 Å². The summed E-state index contributed by atoms with van der Waals surface area (Å²) in [4.78, 5) is 0. The second-order valence-corrected chi connectivity index (χ2v) is 1.39. The number of hydrogen-bond acceptors (Lipinski definition) is 1. The second kappa shape index (κ2) is 0.682. The monoisotopic (exact) mass is 73.0 g/mol. The standard InChI is InChI=1S/C2H3NS/c1-2-4-3-1/h2H,1H2. The molecule has 22 valence electrons. The first kappa shape index (κ1) is 2.15. The van der Waals surface area contributed by atoms with Crippen LogP contribution in [0.4, 0.5) is 0 Å². The third-order valence-corrected chi connectivity index (χ3v) is 0.894. The van der Waals surface area contributed by atoms with Gasteiger partial charge in [0.1, 0.15) is 0 Å². The molecule has 0 aliphatic carbocycles. The van der Waals surface area contributed by atoms with Crippen molar-refractivity contribution in [3.8, 4) is 0 Å². The van der Waals surface area contributed by atoms with Gasteiger partial charge >= 0.3 is 0 Å². The second-order valence-electron chi connectivity index (χ2n) is 0.584. The molecule has 0 aromatic carbocycles. The average molecular weight is 73.1 g/mol. The average Bonchev–Trinajstić information content (AvgIpc) is 0.722. The maximum atomic E-state index is 3.78. The Bertz CT molecular complexity index is 64.1.